The molecular formula is C24H29N5O4S. The molecule has 34 heavy (non-hydrogen) atoms. The third-order valence-electron chi connectivity index (χ3n) is 5.89. The fraction of sp³-hybridized carbons (Fsp3) is 0.417. The molecule has 3 heterocycles. The largest absolute Gasteiger partial charge is 0.493 e. The first-order valence-electron chi connectivity index (χ1n) is 11.3. The Kier molecular flexibility index (Phi) is 7.40. The molecule has 5 N–H and O–H groups in total. The quantitative estimate of drug-likeness (QED) is 0.334. The van der Waals surface area contributed by atoms with Crippen LogP contribution in [0.15, 0.2) is 36.7 Å². The number of anilines is 2. The average molecular weight is 484 g/mol. The van der Waals surface area contributed by atoms with Crippen LogP contribution in [-0.4, -0.2) is 44.3 Å². The predicted molar refractivity (Wildman–Crippen MR) is 130 cm³/mol. The lowest BCUT2D eigenvalue weighted by Crippen LogP contribution is -2.33. The second-order valence-corrected chi connectivity index (χ2v) is 9.61. The Bertz CT molecular complexity index is 1140. The van der Waals surface area contributed by atoms with Gasteiger partial charge in [-0.05, 0) is 69.3 Å². The number of nitrogens with zero attached hydrogens (tertiary/aromatic N) is 3. The number of hydrogen-bond donors (Lipinski definition) is 4. The lowest BCUT2D eigenvalue weighted by Gasteiger charge is -2.32. The van der Waals surface area contributed by atoms with E-state index in [2.05, 4.69) is 15.3 Å². The number of pyridine rings is 2. The zero-order valence-corrected chi connectivity index (χ0v) is 19.8. The summed E-state index contributed by atoms with van der Waals surface area (Å²) < 4.78 is 5.69. The molecule has 180 valence electrons. The van der Waals surface area contributed by atoms with E-state index in [1.807, 2.05) is 25.1 Å². The van der Waals surface area contributed by atoms with E-state index < -0.39 is 17.5 Å². The molecule has 0 radical (unpaired) electrons. The van der Waals surface area contributed by atoms with Gasteiger partial charge in [0, 0.05) is 18.5 Å². The second-order valence-electron chi connectivity index (χ2n) is 8.58. The first-order valence-corrected chi connectivity index (χ1v) is 12.1. The maximum absolute atomic E-state index is 11.2. The standard InChI is InChI=1S/C24H29N5O4S/c1-15-11-18(19-14-27-23(34-19)24(32)6-3-16(4-7-24)22(30)31)28-21(12-15)29-20-13-17(5-9-26-20)33-10-2-8-25/h5,9,11-14,16,32H,2-4,6-8,10,25H2,1H3,(H,30,31)(H,26,28,29)/t16-,24+. The van der Waals surface area contributed by atoms with Crippen molar-refractivity contribution in [1.82, 2.24) is 15.0 Å². The lowest BCUT2D eigenvalue weighted by molar-refractivity contribution is -0.145. The van der Waals surface area contributed by atoms with Crippen LogP contribution in [0.1, 0.15) is 42.7 Å². The highest BCUT2D eigenvalue weighted by molar-refractivity contribution is 7.15. The van der Waals surface area contributed by atoms with Crippen molar-refractivity contribution in [3.05, 3.63) is 47.2 Å². The number of aliphatic hydroxyl groups is 1. The molecule has 1 saturated carbocycles. The minimum Gasteiger partial charge on any atom is -0.493 e. The molecule has 1 fully saturated rings. The smallest absolute Gasteiger partial charge is 0.306 e. The number of carbonyl (C=O) groups is 1. The van der Waals surface area contributed by atoms with Crippen LogP contribution < -0.4 is 15.8 Å². The van der Waals surface area contributed by atoms with Crippen molar-refractivity contribution in [2.24, 2.45) is 11.7 Å². The Labute approximate surface area is 202 Å². The molecule has 0 saturated heterocycles. The summed E-state index contributed by atoms with van der Waals surface area (Å²) in [5.74, 6) is 0.760. The molecule has 1 aliphatic carbocycles. The van der Waals surface area contributed by atoms with Gasteiger partial charge in [-0.25, -0.2) is 15.0 Å². The number of thiazole rings is 1. The van der Waals surface area contributed by atoms with Crippen molar-refractivity contribution >= 4 is 28.9 Å². The molecule has 0 bridgehead atoms. The fourth-order valence-corrected chi connectivity index (χ4v) is 5.02. The molecule has 9 nitrogen and oxygen atoms in total. The van der Waals surface area contributed by atoms with Crippen LogP contribution in [0.25, 0.3) is 10.6 Å². The minimum absolute atomic E-state index is 0.389. The molecular weight excluding hydrogens is 454 g/mol. The van der Waals surface area contributed by atoms with E-state index in [9.17, 15) is 15.0 Å². The summed E-state index contributed by atoms with van der Waals surface area (Å²) in [7, 11) is 0. The number of hydrogen-bond acceptors (Lipinski definition) is 9. The average Bonchev–Trinajstić information content (AvgIpc) is 3.31. The molecule has 3 aromatic heterocycles. The Morgan fingerprint density at radius 2 is 2.06 bits per heavy atom. The van der Waals surface area contributed by atoms with Gasteiger partial charge in [0.25, 0.3) is 0 Å². The van der Waals surface area contributed by atoms with Gasteiger partial charge in [0.2, 0.25) is 0 Å². The predicted octanol–water partition coefficient (Wildman–Crippen LogP) is 3.84. The van der Waals surface area contributed by atoms with Crippen molar-refractivity contribution in [3.63, 3.8) is 0 Å². The number of ether oxygens (including phenoxy) is 1. The van der Waals surface area contributed by atoms with Gasteiger partial charge in [0.15, 0.2) is 0 Å². The summed E-state index contributed by atoms with van der Waals surface area (Å²) in [4.78, 5) is 25.6. The Balaban J connectivity index is 1.50. The number of rotatable bonds is 9. The van der Waals surface area contributed by atoms with E-state index in [0.717, 1.165) is 22.6 Å². The molecule has 4 rings (SSSR count). The first-order chi connectivity index (χ1) is 16.4. The molecule has 0 aromatic carbocycles. The highest BCUT2D eigenvalue weighted by atomic mass is 32.1. The van der Waals surface area contributed by atoms with E-state index in [-0.39, 0.29) is 0 Å². The van der Waals surface area contributed by atoms with Crippen LogP contribution in [0.4, 0.5) is 11.6 Å². The topological polar surface area (TPSA) is 143 Å². The van der Waals surface area contributed by atoms with Gasteiger partial charge in [0.1, 0.15) is 28.0 Å². The second kappa shape index (κ2) is 10.5. The van der Waals surface area contributed by atoms with E-state index in [1.54, 1.807) is 18.5 Å². The van der Waals surface area contributed by atoms with Gasteiger partial charge in [-0.2, -0.15) is 0 Å². The van der Waals surface area contributed by atoms with Gasteiger partial charge in [-0.3, -0.25) is 4.79 Å². The zero-order valence-electron chi connectivity index (χ0n) is 19.0. The normalized spacial score (nSPS) is 20.1. The van der Waals surface area contributed by atoms with E-state index in [4.69, 9.17) is 15.5 Å². The Hall–Kier alpha value is -3.08. The van der Waals surface area contributed by atoms with E-state index >= 15 is 0 Å². The van der Waals surface area contributed by atoms with Gasteiger partial charge in [-0.15, -0.1) is 11.3 Å². The van der Waals surface area contributed by atoms with Crippen molar-refractivity contribution in [3.8, 4) is 16.3 Å². The summed E-state index contributed by atoms with van der Waals surface area (Å²) in [6.07, 6.45) is 5.84. The first kappa shape index (κ1) is 24.1. The van der Waals surface area contributed by atoms with Gasteiger partial charge < -0.3 is 26.0 Å². The molecule has 0 amide bonds. The Morgan fingerprint density at radius 3 is 2.79 bits per heavy atom. The highest BCUT2D eigenvalue weighted by Gasteiger charge is 2.39. The minimum atomic E-state index is -1.09. The molecule has 0 spiro atoms. The maximum Gasteiger partial charge on any atom is 0.306 e. The van der Waals surface area contributed by atoms with Gasteiger partial charge >= 0.3 is 5.97 Å². The number of aliphatic carboxylic acids is 1. The lowest BCUT2D eigenvalue weighted by atomic mass is 9.79. The SMILES string of the molecule is Cc1cc(Nc2cc(OCCCN)ccn2)nc(-c2cnc([C@]3(O)CC[C@@H](C(=O)O)CC3)s2)c1. The molecule has 0 atom stereocenters. The van der Waals surface area contributed by atoms with E-state index in [1.165, 1.54) is 11.3 Å². The number of nitrogens with two attached hydrogens (primary N) is 1. The number of aromatic nitrogens is 3. The molecule has 3 aromatic rings. The summed E-state index contributed by atoms with van der Waals surface area (Å²) in [5, 5.41) is 24.2. The van der Waals surface area contributed by atoms with Crippen LogP contribution in [0.5, 0.6) is 5.75 Å². The highest BCUT2D eigenvalue weighted by Crippen LogP contribution is 2.42. The van der Waals surface area contributed by atoms with Gasteiger partial charge in [-0.1, -0.05) is 0 Å². The van der Waals surface area contributed by atoms with Crippen molar-refractivity contribution < 1.29 is 19.7 Å². The van der Waals surface area contributed by atoms with Crippen LogP contribution in [-0.2, 0) is 10.4 Å². The van der Waals surface area contributed by atoms with E-state index in [0.29, 0.717) is 61.2 Å². The summed E-state index contributed by atoms with van der Waals surface area (Å²) >= 11 is 1.39. The van der Waals surface area contributed by atoms with Crippen molar-refractivity contribution in [2.75, 3.05) is 18.5 Å². The number of nitrogens with one attached hydrogen (secondary N) is 1. The number of carboxylic acids is 1. The number of carboxylic acid groups (broad SMARTS) is 1. The van der Waals surface area contributed by atoms with Crippen LogP contribution in [0.3, 0.4) is 0 Å². The van der Waals surface area contributed by atoms with Crippen LogP contribution in [0, 0.1) is 12.8 Å². The molecule has 10 heteroatoms. The number of aryl methyl sites for hydroxylation is 1. The fourth-order valence-electron chi connectivity index (χ4n) is 4.00. The molecule has 0 aliphatic heterocycles. The van der Waals surface area contributed by atoms with Crippen molar-refractivity contribution in [2.45, 2.75) is 44.6 Å². The third-order valence-corrected chi connectivity index (χ3v) is 7.11. The Morgan fingerprint density at radius 1 is 1.26 bits per heavy atom. The van der Waals surface area contributed by atoms with Gasteiger partial charge in [0.05, 0.1) is 23.1 Å². The van der Waals surface area contributed by atoms with Crippen molar-refractivity contribution in [1.29, 1.82) is 0 Å². The van der Waals surface area contributed by atoms with Crippen LogP contribution in [0.2, 0.25) is 0 Å². The maximum atomic E-state index is 11.2. The summed E-state index contributed by atoms with van der Waals surface area (Å²) in [6.45, 7) is 3.11. The third kappa shape index (κ3) is 5.69. The van der Waals surface area contributed by atoms with Crippen LogP contribution >= 0.6 is 11.3 Å². The summed E-state index contributed by atoms with van der Waals surface area (Å²) in [6, 6.07) is 7.50. The zero-order chi connectivity index (χ0) is 24.1. The monoisotopic (exact) mass is 483 g/mol. The summed E-state index contributed by atoms with van der Waals surface area (Å²) in [5.41, 5.74) is 6.18. The molecule has 0 unspecified atom stereocenters. The molecule has 1 aliphatic rings.